The topological polar surface area (TPSA) is 17.1 Å². The first-order valence-electron chi connectivity index (χ1n) is 5.64. The van der Waals surface area contributed by atoms with Gasteiger partial charge in [0.05, 0.1) is 0 Å². The number of hydrogen-bond acceptors (Lipinski definition) is 1. The number of carbonyl (C=O) groups excluding carboxylic acids is 1. The van der Waals surface area contributed by atoms with Gasteiger partial charge >= 0.3 is 0 Å². The van der Waals surface area contributed by atoms with Crippen LogP contribution in [-0.4, -0.2) is 5.78 Å². The van der Waals surface area contributed by atoms with E-state index in [2.05, 4.69) is 30.3 Å². The third-order valence-electron chi connectivity index (χ3n) is 3.55. The molecule has 15 heavy (non-hydrogen) atoms. The van der Waals surface area contributed by atoms with Crippen LogP contribution in [-0.2, 0) is 11.2 Å². The van der Waals surface area contributed by atoms with Gasteiger partial charge in [-0.2, -0.15) is 0 Å². The quantitative estimate of drug-likeness (QED) is 0.626. The van der Waals surface area contributed by atoms with Crippen molar-refractivity contribution in [1.82, 2.24) is 0 Å². The molecule has 0 bridgehead atoms. The van der Waals surface area contributed by atoms with E-state index in [0.29, 0.717) is 18.1 Å². The molecule has 0 saturated carbocycles. The lowest BCUT2D eigenvalue weighted by Crippen LogP contribution is -2.20. The normalized spacial score (nSPS) is 24.1. The molecule has 0 spiro atoms. The van der Waals surface area contributed by atoms with Crippen LogP contribution in [0.3, 0.4) is 0 Å². The summed E-state index contributed by atoms with van der Waals surface area (Å²) in [5.41, 5.74) is 4.27. The summed E-state index contributed by atoms with van der Waals surface area (Å²) in [4.78, 5) is 11.4. The Morgan fingerprint density at radius 1 is 1.20 bits per heavy atom. The van der Waals surface area contributed by atoms with Crippen molar-refractivity contribution in [2.45, 2.75) is 25.7 Å². The summed E-state index contributed by atoms with van der Waals surface area (Å²) in [6.07, 6.45) is 5.83. The fraction of sp³-hybridized carbons (Fsp3) is 0.357. The smallest absolute Gasteiger partial charge is 0.137 e. The molecule has 1 aromatic carbocycles. The lowest BCUT2D eigenvalue weighted by atomic mass is 9.74. The number of Topliss-reactive ketones (excluding diaryl/α,β-unsaturated/α-hetero) is 1. The maximum absolute atomic E-state index is 11.4. The van der Waals surface area contributed by atoms with Crippen molar-refractivity contribution in [3.63, 3.8) is 0 Å². The molecule has 2 aliphatic rings. The molecule has 0 amide bonds. The first-order valence-corrected chi connectivity index (χ1v) is 5.64. The average molecular weight is 198 g/mol. The summed E-state index contributed by atoms with van der Waals surface area (Å²) < 4.78 is 0. The van der Waals surface area contributed by atoms with Gasteiger partial charge in [-0.05, 0) is 35.5 Å². The highest BCUT2D eigenvalue weighted by Crippen LogP contribution is 2.39. The number of carbonyl (C=O) groups is 1. The molecule has 3 rings (SSSR count). The van der Waals surface area contributed by atoms with Gasteiger partial charge < -0.3 is 0 Å². The molecule has 0 N–H and O–H groups in total. The lowest BCUT2D eigenvalue weighted by molar-refractivity contribution is -0.119. The van der Waals surface area contributed by atoms with E-state index in [1.807, 2.05) is 0 Å². The van der Waals surface area contributed by atoms with Crippen LogP contribution in [0.2, 0.25) is 0 Å². The number of benzene rings is 1. The van der Waals surface area contributed by atoms with Gasteiger partial charge in [0, 0.05) is 12.8 Å². The first kappa shape index (κ1) is 8.90. The number of allylic oxidation sites excluding steroid dienone is 2. The molecule has 0 saturated heterocycles. The van der Waals surface area contributed by atoms with Crippen LogP contribution in [0.15, 0.2) is 30.3 Å². The molecule has 1 heteroatoms. The van der Waals surface area contributed by atoms with Crippen molar-refractivity contribution < 1.29 is 4.79 Å². The van der Waals surface area contributed by atoms with E-state index in [1.54, 1.807) is 0 Å². The van der Waals surface area contributed by atoms with E-state index in [0.717, 1.165) is 19.3 Å². The Labute approximate surface area is 89.8 Å². The van der Waals surface area contributed by atoms with Crippen LogP contribution in [0.25, 0.3) is 5.57 Å². The number of fused-ring (bicyclic) bond motifs is 3. The highest BCUT2D eigenvalue weighted by molar-refractivity contribution is 5.88. The Bertz CT molecular complexity index is 442. The molecule has 76 valence electrons. The summed E-state index contributed by atoms with van der Waals surface area (Å²) in [5, 5.41) is 0. The van der Waals surface area contributed by atoms with Crippen LogP contribution in [0.1, 0.15) is 30.4 Å². The fourth-order valence-corrected chi connectivity index (χ4v) is 2.80. The number of rotatable bonds is 0. The third-order valence-corrected chi connectivity index (χ3v) is 3.55. The zero-order chi connectivity index (χ0) is 10.3. The average Bonchev–Trinajstić information content (AvgIpc) is 2.28. The van der Waals surface area contributed by atoms with E-state index < -0.39 is 0 Å². The number of aryl methyl sites for hydroxylation is 1. The van der Waals surface area contributed by atoms with Crippen molar-refractivity contribution >= 4 is 11.4 Å². The minimum absolute atomic E-state index is 0.406. The molecular formula is C14H14O. The van der Waals surface area contributed by atoms with E-state index in [4.69, 9.17) is 0 Å². The van der Waals surface area contributed by atoms with E-state index in [9.17, 15) is 4.79 Å². The van der Waals surface area contributed by atoms with Gasteiger partial charge in [-0.3, -0.25) is 4.79 Å². The lowest BCUT2D eigenvalue weighted by Gasteiger charge is -2.30. The Balaban J connectivity index is 2.09. The van der Waals surface area contributed by atoms with Crippen molar-refractivity contribution in [1.29, 1.82) is 0 Å². The highest BCUT2D eigenvalue weighted by Gasteiger charge is 2.27. The molecule has 1 atom stereocenters. The molecule has 0 aromatic heterocycles. The summed E-state index contributed by atoms with van der Waals surface area (Å²) in [6.45, 7) is 0. The predicted molar refractivity (Wildman–Crippen MR) is 60.5 cm³/mol. The van der Waals surface area contributed by atoms with Crippen molar-refractivity contribution in [2.75, 3.05) is 0 Å². The number of hydrogen-bond donors (Lipinski definition) is 0. The summed E-state index contributed by atoms with van der Waals surface area (Å²) in [5.74, 6) is 0.907. The minimum Gasteiger partial charge on any atom is -0.299 e. The summed E-state index contributed by atoms with van der Waals surface area (Å²) in [6, 6.07) is 8.61. The second-order valence-electron chi connectivity index (χ2n) is 4.50. The SMILES string of the molecule is O=C1CC=C2c3ccccc3CCC2C1. The number of ketones is 1. The zero-order valence-electron chi connectivity index (χ0n) is 8.70. The molecule has 1 unspecified atom stereocenters. The molecule has 1 aromatic rings. The Morgan fingerprint density at radius 2 is 2.07 bits per heavy atom. The van der Waals surface area contributed by atoms with Gasteiger partial charge in [0.2, 0.25) is 0 Å². The van der Waals surface area contributed by atoms with Gasteiger partial charge in [-0.1, -0.05) is 30.3 Å². The van der Waals surface area contributed by atoms with Crippen LogP contribution in [0.5, 0.6) is 0 Å². The van der Waals surface area contributed by atoms with E-state index in [-0.39, 0.29) is 0 Å². The molecule has 0 aliphatic heterocycles. The second-order valence-corrected chi connectivity index (χ2v) is 4.50. The zero-order valence-corrected chi connectivity index (χ0v) is 8.70. The van der Waals surface area contributed by atoms with Crippen LogP contribution in [0.4, 0.5) is 0 Å². The standard InChI is InChI=1S/C14H14O/c15-12-7-8-14-11(9-12)6-5-10-3-1-2-4-13(10)14/h1-4,8,11H,5-7,9H2. The van der Waals surface area contributed by atoms with Crippen molar-refractivity contribution in [3.05, 3.63) is 41.5 Å². The summed E-state index contributed by atoms with van der Waals surface area (Å²) in [7, 11) is 0. The van der Waals surface area contributed by atoms with E-state index >= 15 is 0 Å². The Hall–Kier alpha value is -1.37. The third kappa shape index (κ3) is 1.43. The minimum atomic E-state index is 0.406. The highest BCUT2D eigenvalue weighted by atomic mass is 16.1. The maximum Gasteiger partial charge on any atom is 0.137 e. The molecule has 1 nitrogen and oxygen atoms in total. The molecule has 0 heterocycles. The van der Waals surface area contributed by atoms with Gasteiger partial charge in [-0.25, -0.2) is 0 Å². The van der Waals surface area contributed by atoms with Crippen LogP contribution < -0.4 is 0 Å². The van der Waals surface area contributed by atoms with Crippen LogP contribution >= 0.6 is 0 Å². The van der Waals surface area contributed by atoms with Gasteiger partial charge in [0.25, 0.3) is 0 Å². The molecule has 0 fully saturated rings. The maximum atomic E-state index is 11.4. The molecule has 2 aliphatic carbocycles. The van der Waals surface area contributed by atoms with Gasteiger partial charge in [0.15, 0.2) is 0 Å². The largest absolute Gasteiger partial charge is 0.299 e. The summed E-state index contributed by atoms with van der Waals surface area (Å²) >= 11 is 0. The Kier molecular flexibility index (Phi) is 1.98. The van der Waals surface area contributed by atoms with Crippen molar-refractivity contribution in [2.24, 2.45) is 5.92 Å². The monoisotopic (exact) mass is 198 g/mol. The second kappa shape index (κ2) is 3.34. The van der Waals surface area contributed by atoms with Gasteiger partial charge in [0.1, 0.15) is 5.78 Å². The molecule has 0 radical (unpaired) electrons. The first-order chi connectivity index (χ1) is 7.34. The predicted octanol–water partition coefficient (Wildman–Crippen LogP) is 3.00. The van der Waals surface area contributed by atoms with Gasteiger partial charge in [-0.15, -0.1) is 0 Å². The van der Waals surface area contributed by atoms with E-state index in [1.165, 1.54) is 16.7 Å². The van der Waals surface area contributed by atoms with Crippen molar-refractivity contribution in [3.8, 4) is 0 Å². The van der Waals surface area contributed by atoms with Crippen LogP contribution in [0, 0.1) is 5.92 Å². The Morgan fingerprint density at radius 3 is 3.00 bits per heavy atom. The molecular weight excluding hydrogens is 184 g/mol. The fourth-order valence-electron chi connectivity index (χ4n) is 2.80.